The summed E-state index contributed by atoms with van der Waals surface area (Å²) in [6.07, 6.45) is -2.93. The Labute approximate surface area is 192 Å². The lowest BCUT2D eigenvalue weighted by atomic mass is 9.92. The first-order valence-electron chi connectivity index (χ1n) is 11.1. The summed E-state index contributed by atoms with van der Waals surface area (Å²) in [5.74, 6) is -3.66. The zero-order valence-electron chi connectivity index (χ0n) is 18.7. The van der Waals surface area contributed by atoms with Crippen LogP contribution in [0.5, 0.6) is 0 Å². The van der Waals surface area contributed by atoms with Crippen LogP contribution in [0.25, 0.3) is 33.3 Å². The number of alkyl halides is 4. The Hall–Kier alpha value is -3.36. The molecule has 0 amide bonds. The molecule has 0 spiro atoms. The summed E-state index contributed by atoms with van der Waals surface area (Å²) < 4.78 is 59.0. The smallest absolute Gasteiger partial charge is 0.336 e. The highest BCUT2D eigenvalue weighted by Crippen LogP contribution is 2.40. The van der Waals surface area contributed by atoms with Crippen molar-refractivity contribution in [3.63, 3.8) is 0 Å². The molecule has 0 bridgehead atoms. The SMILES string of the molecule is CCn1c2c(c3cc(-c4nc5c(C)c(C(=O)O)ccc5n4CC(F)F)ccc31)CC(F)(F)CC2. The van der Waals surface area contributed by atoms with Crippen LogP contribution in [0.15, 0.2) is 30.3 Å². The van der Waals surface area contributed by atoms with Crippen LogP contribution in [0, 0.1) is 6.92 Å². The molecule has 1 N–H and O–H groups in total. The van der Waals surface area contributed by atoms with Crippen LogP contribution >= 0.6 is 0 Å². The molecule has 2 aromatic heterocycles. The quantitative estimate of drug-likeness (QED) is 0.358. The third kappa shape index (κ3) is 3.45. The molecule has 0 unspecified atom stereocenters. The second-order valence-electron chi connectivity index (χ2n) is 8.78. The van der Waals surface area contributed by atoms with E-state index in [1.807, 2.05) is 17.6 Å². The van der Waals surface area contributed by atoms with Gasteiger partial charge in [0, 0.05) is 41.5 Å². The molecule has 0 saturated carbocycles. The normalized spacial score (nSPS) is 15.4. The van der Waals surface area contributed by atoms with E-state index in [-0.39, 0.29) is 30.7 Å². The van der Waals surface area contributed by atoms with Crippen LogP contribution in [-0.4, -0.2) is 37.5 Å². The number of carbonyl (C=O) groups is 1. The summed E-state index contributed by atoms with van der Waals surface area (Å²) >= 11 is 0. The van der Waals surface area contributed by atoms with Gasteiger partial charge in [-0.05, 0) is 61.7 Å². The van der Waals surface area contributed by atoms with Gasteiger partial charge in [-0.25, -0.2) is 27.3 Å². The lowest BCUT2D eigenvalue weighted by Gasteiger charge is -2.23. The summed E-state index contributed by atoms with van der Waals surface area (Å²) in [5.41, 5.74) is 4.00. The first-order chi connectivity index (χ1) is 16.1. The van der Waals surface area contributed by atoms with Gasteiger partial charge in [-0.1, -0.05) is 0 Å². The first kappa shape index (κ1) is 22.4. The van der Waals surface area contributed by atoms with Gasteiger partial charge >= 0.3 is 5.97 Å². The van der Waals surface area contributed by atoms with E-state index in [2.05, 4.69) is 4.98 Å². The molecule has 178 valence electrons. The number of imidazole rings is 1. The van der Waals surface area contributed by atoms with E-state index < -0.39 is 24.9 Å². The molecule has 34 heavy (non-hydrogen) atoms. The summed E-state index contributed by atoms with van der Waals surface area (Å²) in [6, 6.07) is 8.20. The van der Waals surface area contributed by atoms with Crippen LogP contribution in [0.4, 0.5) is 17.6 Å². The van der Waals surface area contributed by atoms with Gasteiger partial charge in [0.2, 0.25) is 0 Å². The van der Waals surface area contributed by atoms with Crippen molar-refractivity contribution in [3.05, 3.63) is 52.7 Å². The maximum Gasteiger partial charge on any atom is 0.336 e. The topological polar surface area (TPSA) is 60.1 Å². The van der Waals surface area contributed by atoms with Crippen molar-refractivity contribution in [2.45, 2.75) is 58.5 Å². The Morgan fingerprint density at radius 1 is 1.18 bits per heavy atom. The maximum absolute atomic E-state index is 14.3. The third-order valence-electron chi connectivity index (χ3n) is 6.75. The molecule has 1 aliphatic rings. The molecule has 0 aliphatic heterocycles. The highest BCUT2D eigenvalue weighted by atomic mass is 19.3. The van der Waals surface area contributed by atoms with Crippen LogP contribution < -0.4 is 0 Å². The Morgan fingerprint density at radius 2 is 1.91 bits per heavy atom. The average molecular weight is 473 g/mol. The minimum absolute atomic E-state index is 0.0486. The monoisotopic (exact) mass is 473 g/mol. The van der Waals surface area contributed by atoms with Gasteiger partial charge in [0.25, 0.3) is 12.3 Å². The number of aromatic nitrogens is 3. The van der Waals surface area contributed by atoms with E-state index in [1.165, 1.54) is 16.7 Å². The molecular formula is C25H23F4N3O2. The number of fused-ring (bicyclic) bond motifs is 4. The Morgan fingerprint density at radius 3 is 2.59 bits per heavy atom. The zero-order chi connectivity index (χ0) is 24.4. The average Bonchev–Trinajstić information content (AvgIpc) is 3.28. The molecule has 1 aliphatic carbocycles. The van der Waals surface area contributed by atoms with Gasteiger partial charge in [-0.15, -0.1) is 0 Å². The molecule has 2 heterocycles. The van der Waals surface area contributed by atoms with E-state index in [1.54, 1.807) is 19.1 Å². The molecule has 0 fully saturated rings. The van der Waals surface area contributed by atoms with Crippen LogP contribution in [0.2, 0.25) is 0 Å². The lowest BCUT2D eigenvalue weighted by molar-refractivity contribution is -0.0125. The molecule has 4 aromatic rings. The molecular weight excluding hydrogens is 450 g/mol. The number of hydrogen-bond acceptors (Lipinski definition) is 2. The second-order valence-corrected chi connectivity index (χ2v) is 8.78. The number of rotatable bonds is 5. The van der Waals surface area contributed by atoms with E-state index in [0.717, 1.165) is 11.2 Å². The van der Waals surface area contributed by atoms with Crippen molar-refractivity contribution in [3.8, 4) is 11.4 Å². The van der Waals surface area contributed by atoms with Crippen molar-refractivity contribution in [1.29, 1.82) is 0 Å². The fourth-order valence-electron chi connectivity index (χ4n) is 5.21. The summed E-state index contributed by atoms with van der Waals surface area (Å²) in [6.45, 7) is 3.57. The molecule has 2 aromatic carbocycles. The van der Waals surface area contributed by atoms with Crippen molar-refractivity contribution in [2.75, 3.05) is 0 Å². The van der Waals surface area contributed by atoms with Crippen LogP contribution in [0.3, 0.4) is 0 Å². The molecule has 5 rings (SSSR count). The van der Waals surface area contributed by atoms with Gasteiger partial charge in [0.05, 0.1) is 23.1 Å². The highest BCUT2D eigenvalue weighted by molar-refractivity contribution is 5.97. The number of halogens is 4. The molecule has 0 atom stereocenters. The highest BCUT2D eigenvalue weighted by Gasteiger charge is 2.37. The molecule has 5 nitrogen and oxygen atoms in total. The minimum Gasteiger partial charge on any atom is -0.478 e. The van der Waals surface area contributed by atoms with Gasteiger partial charge < -0.3 is 14.2 Å². The zero-order valence-corrected chi connectivity index (χ0v) is 18.7. The molecule has 0 radical (unpaired) electrons. The number of nitrogens with zero attached hydrogens (tertiary/aromatic N) is 3. The minimum atomic E-state index is -2.79. The second kappa shape index (κ2) is 7.85. The number of aryl methyl sites for hydroxylation is 2. The summed E-state index contributed by atoms with van der Waals surface area (Å²) in [4.78, 5) is 16.1. The van der Waals surface area contributed by atoms with Gasteiger partial charge in [0.1, 0.15) is 5.82 Å². The fraction of sp³-hybridized carbons (Fsp3) is 0.360. The Bertz CT molecular complexity index is 1450. The molecule has 9 heteroatoms. The number of aromatic carboxylic acids is 1. The number of carboxylic acids is 1. The number of hydrogen-bond donors (Lipinski definition) is 1. The first-order valence-corrected chi connectivity index (χ1v) is 11.1. The Kier molecular flexibility index (Phi) is 5.18. The van der Waals surface area contributed by atoms with Crippen molar-refractivity contribution in [1.82, 2.24) is 14.1 Å². The maximum atomic E-state index is 14.3. The summed E-state index contributed by atoms with van der Waals surface area (Å²) in [7, 11) is 0. The predicted molar refractivity (Wildman–Crippen MR) is 121 cm³/mol. The standard InChI is InChI=1S/C25H23F4N3O2/c1-3-31-18-6-4-14(10-16(18)17-11-25(28,29)9-8-19(17)31)23-30-22-13(2)15(24(33)34)5-7-20(22)32(23)12-21(26)27/h4-7,10,21H,3,8-9,11-12H2,1-2H3,(H,33,34). The fourth-order valence-corrected chi connectivity index (χ4v) is 5.21. The van der Waals surface area contributed by atoms with Crippen molar-refractivity contribution >= 4 is 27.9 Å². The van der Waals surface area contributed by atoms with E-state index in [0.29, 0.717) is 39.7 Å². The van der Waals surface area contributed by atoms with Gasteiger partial charge in [-0.2, -0.15) is 0 Å². The van der Waals surface area contributed by atoms with E-state index >= 15 is 0 Å². The Balaban J connectivity index is 1.76. The lowest BCUT2D eigenvalue weighted by Crippen LogP contribution is -2.26. The van der Waals surface area contributed by atoms with Gasteiger partial charge in [-0.3, -0.25) is 0 Å². The van der Waals surface area contributed by atoms with Crippen molar-refractivity contribution in [2.24, 2.45) is 0 Å². The molecule has 0 saturated heterocycles. The largest absolute Gasteiger partial charge is 0.478 e. The third-order valence-corrected chi connectivity index (χ3v) is 6.75. The predicted octanol–water partition coefficient (Wildman–Crippen LogP) is 6.07. The number of benzene rings is 2. The van der Waals surface area contributed by atoms with E-state index in [4.69, 9.17) is 0 Å². The van der Waals surface area contributed by atoms with Crippen LogP contribution in [-0.2, 0) is 25.9 Å². The van der Waals surface area contributed by atoms with Crippen molar-refractivity contribution < 1.29 is 27.5 Å². The summed E-state index contributed by atoms with van der Waals surface area (Å²) in [5, 5.41) is 10.1. The van der Waals surface area contributed by atoms with Crippen LogP contribution in [0.1, 0.15) is 40.5 Å². The number of carboxylic acid groups (broad SMARTS) is 1. The van der Waals surface area contributed by atoms with Gasteiger partial charge in [0.15, 0.2) is 0 Å². The van der Waals surface area contributed by atoms with E-state index in [9.17, 15) is 27.5 Å².